The minimum Gasteiger partial charge on any atom is -0.370 e. The number of nitrogens with zero attached hydrogens (tertiary/aromatic N) is 4. The fraction of sp³-hybridized carbons (Fsp3) is 0.450. The van der Waals surface area contributed by atoms with Crippen LogP contribution in [-0.2, 0) is 16.1 Å². The molecule has 1 aromatic carbocycles. The molecule has 1 N–H and O–H groups in total. The predicted octanol–water partition coefficient (Wildman–Crippen LogP) is 2.08. The second-order valence-electron chi connectivity index (χ2n) is 6.57. The van der Waals surface area contributed by atoms with Crippen molar-refractivity contribution in [2.75, 3.05) is 49.5 Å². The first kappa shape index (κ1) is 19.1. The molecule has 0 atom stereocenters. The Kier molecular flexibility index (Phi) is 6.59. The van der Waals surface area contributed by atoms with Crippen molar-refractivity contribution in [1.29, 1.82) is 0 Å². The molecule has 7 nitrogen and oxygen atoms in total. The number of piperazine rings is 1. The SMILES string of the molecule is CCNc1cc(C)nc(N2CCN(C(=O)COCc3ccccc3)CC2)n1. The number of carbonyl (C=O) groups is 1. The quantitative estimate of drug-likeness (QED) is 0.806. The van der Waals surface area contributed by atoms with Gasteiger partial charge in [0.05, 0.1) is 6.61 Å². The van der Waals surface area contributed by atoms with Crippen molar-refractivity contribution in [2.45, 2.75) is 20.5 Å². The van der Waals surface area contributed by atoms with Gasteiger partial charge in [0.25, 0.3) is 0 Å². The van der Waals surface area contributed by atoms with Crippen LogP contribution < -0.4 is 10.2 Å². The number of benzene rings is 1. The lowest BCUT2D eigenvalue weighted by Crippen LogP contribution is -2.50. The summed E-state index contributed by atoms with van der Waals surface area (Å²) in [5.74, 6) is 1.59. The lowest BCUT2D eigenvalue weighted by atomic mass is 10.2. The van der Waals surface area contributed by atoms with Crippen LogP contribution in [0.25, 0.3) is 0 Å². The highest BCUT2D eigenvalue weighted by Gasteiger charge is 2.23. The van der Waals surface area contributed by atoms with Crippen molar-refractivity contribution in [3.05, 3.63) is 47.7 Å². The summed E-state index contributed by atoms with van der Waals surface area (Å²) in [6, 6.07) is 11.8. The number of amides is 1. The van der Waals surface area contributed by atoms with Gasteiger partial charge in [-0.05, 0) is 19.4 Å². The number of nitrogens with one attached hydrogen (secondary N) is 1. The van der Waals surface area contributed by atoms with Gasteiger partial charge in [0, 0.05) is 44.5 Å². The maximum Gasteiger partial charge on any atom is 0.248 e. The molecule has 0 spiro atoms. The minimum atomic E-state index is 0.0316. The first-order valence-electron chi connectivity index (χ1n) is 9.39. The van der Waals surface area contributed by atoms with Crippen molar-refractivity contribution >= 4 is 17.7 Å². The summed E-state index contributed by atoms with van der Waals surface area (Å²) in [4.78, 5) is 25.5. The number of rotatable bonds is 7. The Balaban J connectivity index is 1.47. The molecule has 2 heterocycles. The summed E-state index contributed by atoms with van der Waals surface area (Å²) in [6.45, 7) is 8.15. The third-order valence-corrected chi connectivity index (χ3v) is 4.45. The zero-order chi connectivity index (χ0) is 19.1. The molecule has 1 aromatic heterocycles. The number of hydrogen-bond donors (Lipinski definition) is 1. The molecule has 27 heavy (non-hydrogen) atoms. The molecule has 0 unspecified atom stereocenters. The molecule has 1 amide bonds. The van der Waals surface area contributed by atoms with E-state index < -0.39 is 0 Å². The summed E-state index contributed by atoms with van der Waals surface area (Å²) < 4.78 is 5.57. The molecule has 1 saturated heterocycles. The molecule has 144 valence electrons. The third kappa shape index (κ3) is 5.40. The Bertz CT molecular complexity index is 745. The first-order chi connectivity index (χ1) is 13.2. The van der Waals surface area contributed by atoms with Crippen LogP contribution in [0.4, 0.5) is 11.8 Å². The van der Waals surface area contributed by atoms with Crippen molar-refractivity contribution in [2.24, 2.45) is 0 Å². The molecular formula is C20H27N5O2. The van der Waals surface area contributed by atoms with Crippen LogP contribution in [0.3, 0.4) is 0 Å². The Labute approximate surface area is 160 Å². The highest BCUT2D eigenvalue weighted by molar-refractivity contribution is 5.77. The van der Waals surface area contributed by atoms with E-state index in [2.05, 4.69) is 20.2 Å². The summed E-state index contributed by atoms with van der Waals surface area (Å²) >= 11 is 0. The van der Waals surface area contributed by atoms with Gasteiger partial charge >= 0.3 is 0 Å². The second kappa shape index (κ2) is 9.32. The van der Waals surface area contributed by atoms with E-state index in [1.807, 2.05) is 55.1 Å². The molecule has 0 radical (unpaired) electrons. The summed E-state index contributed by atoms with van der Waals surface area (Å²) in [5, 5.41) is 3.23. The van der Waals surface area contributed by atoms with Gasteiger partial charge in [-0.15, -0.1) is 0 Å². The summed E-state index contributed by atoms with van der Waals surface area (Å²) in [6.07, 6.45) is 0. The fourth-order valence-electron chi connectivity index (χ4n) is 3.04. The van der Waals surface area contributed by atoms with Crippen LogP contribution in [-0.4, -0.2) is 60.1 Å². The van der Waals surface area contributed by atoms with E-state index in [4.69, 9.17) is 4.74 Å². The summed E-state index contributed by atoms with van der Waals surface area (Å²) in [7, 11) is 0. The average Bonchev–Trinajstić information content (AvgIpc) is 2.69. The van der Waals surface area contributed by atoms with E-state index in [1.54, 1.807) is 0 Å². The fourth-order valence-corrected chi connectivity index (χ4v) is 3.04. The van der Waals surface area contributed by atoms with Gasteiger partial charge in [-0.1, -0.05) is 30.3 Å². The predicted molar refractivity (Wildman–Crippen MR) is 106 cm³/mol. The van der Waals surface area contributed by atoms with E-state index in [0.717, 1.165) is 42.7 Å². The Morgan fingerprint density at radius 1 is 1.15 bits per heavy atom. The van der Waals surface area contributed by atoms with Gasteiger partial charge in [-0.2, -0.15) is 4.98 Å². The van der Waals surface area contributed by atoms with Crippen LogP contribution in [0.5, 0.6) is 0 Å². The van der Waals surface area contributed by atoms with Crippen LogP contribution in [0.2, 0.25) is 0 Å². The van der Waals surface area contributed by atoms with Crippen molar-refractivity contribution in [3.8, 4) is 0 Å². The van der Waals surface area contributed by atoms with Gasteiger partial charge in [0.2, 0.25) is 11.9 Å². The second-order valence-corrected chi connectivity index (χ2v) is 6.57. The van der Waals surface area contributed by atoms with Crippen LogP contribution in [0.1, 0.15) is 18.2 Å². The lowest BCUT2D eigenvalue weighted by Gasteiger charge is -2.34. The molecular weight excluding hydrogens is 342 g/mol. The number of ether oxygens (including phenoxy) is 1. The van der Waals surface area contributed by atoms with Crippen molar-refractivity contribution < 1.29 is 9.53 Å². The number of aromatic nitrogens is 2. The van der Waals surface area contributed by atoms with E-state index in [0.29, 0.717) is 19.7 Å². The molecule has 7 heteroatoms. The van der Waals surface area contributed by atoms with E-state index in [-0.39, 0.29) is 12.5 Å². The highest BCUT2D eigenvalue weighted by Crippen LogP contribution is 2.16. The standard InChI is InChI=1S/C20H27N5O2/c1-3-21-18-13-16(2)22-20(23-18)25-11-9-24(10-12-25)19(26)15-27-14-17-7-5-4-6-8-17/h4-8,13H,3,9-12,14-15H2,1-2H3,(H,21,22,23). The van der Waals surface area contributed by atoms with Gasteiger partial charge in [0.15, 0.2) is 0 Å². The summed E-state index contributed by atoms with van der Waals surface area (Å²) in [5.41, 5.74) is 2.01. The first-order valence-corrected chi connectivity index (χ1v) is 9.39. The number of aryl methyl sites for hydroxylation is 1. The Hall–Kier alpha value is -2.67. The monoisotopic (exact) mass is 369 g/mol. The maximum atomic E-state index is 12.4. The third-order valence-electron chi connectivity index (χ3n) is 4.45. The van der Waals surface area contributed by atoms with E-state index in [9.17, 15) is 4.79 Å². The van der Waals surface area contributed by atoms with Crippen LogP contribution in [0, 0.1) is 6.92 Å². The smallest absolute Gasteiger partial charge is 0.248 e. The minimum absolute atomic E-state index is 0.0316. The molecule has 1 fully saturated rings. The van der Waals surface area contributed by atoms with Gasteiger partial charge in [-0.25, -0.2) is 4.98 Å². The molecule has 2 aromatic rings. The van der Waals surface area contributed by atoms with Crippen LogP contribution in [0.15, 0.2) is 36.4 Å². The highest BCUT2D eigenvalue weighted by atomic mass is 16.5. The molecule has 0 saturated carbocycles. The zero-order valence-corrected chi connectivity index (χ0v) is 16.0. The zero-order valence-electron chi connectivity index (χ0n) is 16.0. The maximum absolute atomic E-state index is 12.4. The molecule has 0 aliphatic carbocycles. The lowest BCUT2D eigenvalue weighted by molar-refractivity contribution is -0.136. The van der Waals surface area contributed by atoms with Gasteiger partial charge in [0.1, 0.15) is 12.4 Å². The number of hydrogen-bond acceptors (Lipinski definition) is 6. The van der Waals surface area contributed by atoms with Crippen molar-refractivity contribution in [3.63, 3.8) is 0 Å². The van der Waals surface area contributed by atoms with Crippen molar-refractivity contribution in [1.82, 2.24) is 14.9 Å². The van der Waals surface area contributed by atoms with E-state index >= 15 is 0 Å². The van der Waals surface area contributed by atoms with E-state index in [1.165, 1.54) is 0 Å². The largest absolute Gasteiger partial charge is 0.370 e. The Morgan fingerprint density at radius 2 is 1.89 bits per heavy atom. The number of anilines is 2. The van der Waals surface area contributed by atoms with Gasteiger partial charge in [-0.3, -0.25) is 4.79 Å². The molecule has 0 bridgehead atoms. The topological polar surface area (TPSA) is 70.6 Å². The van der Waals surface area contributed by atoms with Gasteiger partial charge < -0.3 is 19.9 Å². The average molecular weight is 369 g/mol. The number of carbonyl (C=O) groups excluding carboxylic acids is 1. The molecule has 3 rings (SSSR count). The Morgan fingerprint density at radius 3 is 2.59 bits per heavy atom. The van der Waals surface area contributed by atoms with Crippen LogP contribution >= 0.6 is 0 Å². The molecule has 1 aliphatic rings. The normalized spacial score (nSPS) is 14.3. The molecule has 1 aliphatic heterocycles.